The van der Waals surface area contributed by atoms with Gasteiger partial charge in [0.15, 0.2) is 11.5 Å². The van der Waals surface area contributed by atoms with Crippen molar-refractivity contribution in [2.75, 3.05) is 13.3 Å². The Morgan fingerprint density at radius 2 is 2.20 bits per heavy atom. The lowest BCUT2D eigenvalue weighted by atomic mass is 10.1. The quantitative estimate of drug-likeness (QED) is 0.809. The topological polar surface area (TPSA) is 38.8 Å². The van der Waals surface area contributed by atoms with E-state index in [2.05, 4.69) is 11.4 Å². The Kier molecular flexibility index (Phi) is 2.67. The number of amides is 1. The number of nitrogens with zero attached hydrogens (tertiary/aromatic N) is 1. The minimum Gasteiger partial charge on any atom is -0.454 e. The molecule has 0 aliphatic carbocycles. The van der Waals surface area contributed by atoms with Gasteiger partial charge >= 0.3 is 0 Å². The second-order valence-electron chi connectivity index (χ2n) is 4.89. The molecule has 0 fully saturated rings. The van der Waals surface area contributed by atoms with Crippen LogP contribution in [0.5, 0.6) is 11.5 Å². The fourth-order valence-corrected chi connectivity index (χ4v) is 3.58. The molecule has 0 N–H and O–H groups in total. The number of hydrogen-bond acceptors (Lipinski definition) is 4. The van der Waals surface area contributed by atoms with Gasteiger partial charge in [-0.1, -0.05) is 6.07 Å². The van der Waals surface area contributed by atoms with E-state index in [9.17, 15) is 4.79 Å². The first kappa shape index (κ1) is 11.8. The van der Waals surface area contributed by atoms with Crippen molar-refractivity contribution in [2.24, 2.45) is 0 Å². The first-order valence-corrected chi connectivity index (χ1v) is 7.44. The van der Waals surface area contributed by atoms with Crippen LogP contribution < -0.4 is 9.47 Å². The molecule has 4 rings (SSSR count). The van der Waals surface area contributed by atoms with Gasteiger partial charge in [-0.2, -0.15) is 0 Å². The number of para-hydroxylation sites is 1. The molecule has 0 saturated carbocycles. The normalized spacial score (nSPS) is 16.1. The largest absolute Gasteiger partial charge is 0.454 e. The van der Waals surface area contributed by atoms with Gasteiger partial charge in [-0.3, -0.25) is 4.79 Å². The summed E-state index contributed by atoms with van der Waals surface area (Å²) in [6, 6.07) is 7.57. The summed E-state index contributed by atoms with van der Waals surface area (Å²) in [4.78, 5) is 16.0. The molecule has 4 nitrogen and oxygen atoms in total. The van der Waals surface area contributed by atoms with Crippen molar-refractivity contribution in [1.82, 2.24) is 4.90 Å². The number of carbonyl (C=O) groups is 1. The van der Waals surface area contributed by atoms with Crippen LogP contribution in [0, 0.1) is 0 Å². The lowest BCUT2D eigenvalue weighted by Gasteiger charge is -2.27. The fourth-order valence-electron chi connectivity index (χ4n) is 2.69. The van der Waals surface area contributed by atoms with Crippen LogP contribution in [-0.4, -0.2) is 24.1 Å². The maximum absolute atomic E-state index is 12.7. The third-order valence-electron chi connectivity index (χ3n) is 3.72. The molecule has 2 aliphatic rings. The molecule has 2 aromatic rings. The van der Waals surface area contributed by atoms with Gasteiger partial charge in [0.05, 0.1) is 5.56 Å². The minimum absolute atomic E-state index is 0.0178. The van der Waals surface area contributed by atoms with Crippen molar-refractivity contribution < 1.29 is 14.3 Å². The monoisotopic (exact) mass is 287 g/mol. The van der Waals surface area contributed by atoms with Crippen molar-refractivity contribution >= 4 is 17.2 Å². The summed E-state index contributed by atoms with van der Waals surface area (Å²) in [7, 11) is 0. The van der Waals surface area contributed by atoms with Gasteiger partial charge in [-0.05, 0) is 35.6 Å². The van der Waals surface area contributed by atoms with Crippen molar-refractivity contribution in [3.05, 3.63) is 45.6 Å². The number of benzene rings is 1. The predicted octanol–water partition coefficient (Wildman–Crippen LogP) is 2.68. The van der Waals surface area contributed by atoms with E-state index in [0.29, 0.717) is 23.6 Å². The maximum atomic E-state index is 12.7. The molecule has 20 heavy (non-hydrogen) atoms. The van der Waals surface area contributed by atoms with Gasteiger partial charge < -0.3 is 14.4 Å². The van der Waals surface area contributed by atoms with Crippen molar-refractivity contribution in [3.63, 3.8) is 0 Å². The van der Waals surface area contributed by atoms with Gasteiger partial charge in [0, 0.05) is 18.0 Å². The zero-order valence-electron chi connectivity index (χ0n) is 10.8. The molecule has 102 valence electrons. The van der Waals surface area contributed by atoms with E-state index in [4.69, 9.17) is 9.47 Å². The van der Waals surface area contributed by atoms with Gasteiger partial charge in [-0.15, -0.1) is 11.3 Å². The molecule has 3 heterocycles. The van der Waals surface area contributed by atoms with E-state index in [1.54, 1.807) is 17.4 Å². The van der Waals surface area contributed by atoms with Crippen LogP contribution in [0.15, 0.2) is 29.6 Å². The smallest absolute Gasteiger partial charge is 0.258 e. The number of fused-ring (bicyclic) bond motifs is 2. The highest BCUT2D eigenvalue weighted by atomic mass is 32.1. The van der Waals surface area contributed by atoms with Crippen molar-refractivity contribution in [3.8, 4) is 11.5 Å². The summed E-state index contributed by atoms with van der Waals surface area (Å²) in [6.45, 7) is 1.63. The van der Waals surface area contributed by atoms with Crippen LogP contribution in [0.25, 0.3) is 0 Å². The Bertz CT molecular complexity index is 680. The molecule has 1 aromatic carbocycles. The summed E-state index contributed by atoms with van der Waals surface area (Å²) >= 11 is 1.77. The molecule has 2 aliphatic heterocycles. The summed E-state index contributed by atoms with van der Waals surface area (Å²) in [5.74, 6) is 1.25. The Morgan fingerprint density at radius 3 is 3.15 bits per heavy atom. The average Bonchev–Trinajstić information content (AvgIpc) is 3.13. The summed E-state index contributed by atoms with van der Waals surface area (Å²) < 4.78 is 10.8. The SMILES string of the molecule is O=C(c1cccc2c1OCO2)N1CCc2sccc2C1. The number of carbonyl (C=O) groups excluding carboxylic acids is 1. The van der Waals surface area contributed by atoms with Crippen LogP contribution in [0.3, 0.4) is 0 Å². The summed E-state index contributed by atoms with van der Waals surface area (Å²) in [6.07, 6.45) is 0.936. The first-order valence-electron chi connectivity index (χ1n) is 6.56. The second kappa shape index (κ2) is 4.52. The second-order valence-corrected chi connectivity index (χ2v) is 5.89. The number of thiophene rings is 1. The molecule has 1 aromatic heterocycles. The summed E-state index contributed by atoms with van der Waals surface area (Å²) in [5, 5.41) is 2.09. The molecule has 0 atom stereocenters. The van der Waals surface area contributed by atoms with Gasteiger partial charge in [0.2, 0.25) is 6.79 Å². The maximum Gasteiger partial charge on any atom is 0.258 e. The van der Waals surface area contributed by atoms with Crippen LogP contribution >= 0.6 is 11.3 Å². The highest BCUT2D eigenvalue weighted by Gasteiger charge is 2.27. The van der Waals surface area contributed by atoms with Crippen LogP contribution in [0.1, 0.15) is 20.8 Å². The fraction of sp³-hybridized carbons (Fsp3) is 0.267. The molecule has 0 radical (unpaired) electrons. The van der Waals surface area contributed by atoms with Gasteiger partial charge in [0.1, 0.15) is 0 Å². The lowest BCUT2D eigenvalue weighted by molar-refractivity contribution is 0.0731. The first-order chi connectivity index (χ1) is 9.83. The Hall–Kier alpha value is -2.01. The minimum atomic E-state index is 0.0178. The third kappa shape index (κ3) is 1.78. The van der Waals surface area contributed by atoms with E-state index in [-0.39, 0.29) is 12.7 Å². The van der Waals surface area contributed by atoms with Crippen LogP contribution in [-0.2, 0) is 13.0 Å². The zero-order valence-corrected chi connectivity index (χ0v) is 11.6. The molecule has 0 unspecified atom stereocenters. The molecule has 0 saturated heterocycles. The third-order valence-corrected chi connectivity index (χ3v) is 4.74. The van der Waals surface area contributed by atoms with Gasteiger partial charge in [-0.25, -0.2) is 0 Å². The van der Waals surface area contributed by atoms with E-state index >= 15 is 0 Å². The lowest BCUT2D eigenvalue weighted by Crippen LogP contribution is -2.35. The Balaban J connectivity index is 1.64. The molecule has 5 heteroatoms. The molecule has 1 amide bonds. The van der Waals surface area contributed by atoms with E-state index in [1.807, 2.05) is 17.0 Å². The zero-order chi connectivity index (χ0) is 13.5. The predicted molar refractivity (Wildman–Crippen MR) is 75.3 cm³/mol. The molecular formula is C15H13NO3S. The average molecular weight is 287 g/mol. The number of ether oxygens (including phenoxy) is 2. The summed E-state index contributed by atoms with van der Waals surface area (Å²) in [5.41, 5.74) is 1.86. The Morgan fingerprint density at radius 1 is 1.25 bits per heavy atom. The van der Waals surface area contributed by atoms with E-state index in [0.717, 1.165) is 13.0 Å². The highest BCUT2D eigenvalue weighted by molar-refractivity contribution is 7.10. The van der Waals surface area contributed by atoms with Crippen molar-refractivity contribution in [1.29, 1.82) is 0 Å². The van der Waals surface area contributed by atoms with E-state index < -0.39 is 0 Å². The van der Waals surface area contributed by atoms with E-state index in [1.165, 1.54) is 10.4 Å². The standard InChI is InChI=1S/C15H13NO3S/c17-15(11-2-1-3-12-14(11)19-9-18-12)16-6-4-13-10(8-16)5-7-20-13/h1-3,5,7H,4,6,8-9H2. The number of hydrogen-bond donors (Lipinski definition) is 0. The molecular weight excluding hydrogens is 274 g/mol. The number of rotatable bonds is 1. The highest BCUT2D eigenvalue weighted by Crippen LogP contribution is 2.36. The molecule has 0 bridgehead atoms. The van der Waals surface area contributed by atoms with Crippen LogP contribution in [0.2, 0.25) is 0 Å². The van der Waals surface area contributed by atoms with Gasteiger partial charge in [0.25, 0.3) is 5.91 Å². The molecule has 0 spiro atoms. The van der Waals surface area contributed by atoms with Crippen LogP contribution in [0.4, 0.5) is 0 Å². The Labute approximate surface area is 120 Å². The van der Waals surface area contributed by atoms with Crippen molar-refractivity contribution in [2.45, 2.75) is 13.0 Å².